The molecule has 1 rings (SSSR count). The molecule has 5 heteroatoms. The van der Waals surface area contributed by atoms with E-state index in [0.29, 0.717) is 11.9 Å². The molecule has 0 aromatic rings. The van der Waals surface area contributed by atoms with Crippen LogP contribution in [-0.4, -0.2) is 48.2 Å². The van der Waals surface area contributed by atoms with Gasteiger partial charge in [0.25, 0.3) is 0 Å². The van der Waals surface area contributed by atoms with Gasteiger partial charge in [-0.2, -0.15) is 0 Å². The summed E-state index contributed by atoms with van der Waals surface area (Å²) in [6.07, 6.45) is 1.74. The van der Waals surface area contributed by atoms with Gasteiger partial charge in [0.1, 0.15) is 5.60 Å². The van der Waals surface area contributed by atoms with Gasteiger partial charge in [-0.25, -0.2) is 4.79 Å². The van der Waals surface area contributed by atoms with Crippen LogP contribution in [0.2, 0.25) is 0 Å². The zero-order valence-electron chi connectivity index (χ0n) is 11.0. The first kappa shape index (κ1) is 14.6. The van der Waals surface area contributed by atoms with E-state index in [1.165, 1.54) is 0 Å². The molecule has 0 spiro atoms. The summed E-state index contributed by atoms with van der Waals surface area (Å²) in [6, 6.07) is 0.479. The van der Waals surface area contributed by atoms with Crippen LogP contribution in [0, 0.1) is 0 Å². The molecule has 0 saturated carbocycles. The number of nitrogens with one attached hydrogen (secondary N) is 1. The standard InChI is InChI=1S/C12H23ClN2O2/c1-12(2,3)17-11(16)15-8-4-10(5-9-15)14-7-6-13/h10,14H,4-9H2,1-3H3. The van der Waals surface area contributed by atoms with Gasteiger partial charge in [0.05, 0.1) is 0 Å². The van der Waals surface area contributed by atoms with Gasteiger partial charge < -0.3 is 15.0 Å². The molecular weight excluding hydrogens is 240 g/mol. The molecule has 1 heterocycles. The van der Waals surface area contributed by atoms with Gasteiger partial charge in [-0.3, -0.25) is 0 Å². The summed E-state index contributed by atoms with van der Waals surface area (Å²) >= 11 is 5.63. The Kier molecular flexibility index (Phi) is 5.53. The van der Waals surface area contributed by atoms with Crippen molar-refractivity contribution in [1.29, 1.82) is 0 Å². The van der Waals surface area contributed by atoms with Crippen molar-refractivity contribution in [3.8, 4) is 0 Å². The second kappa shape index (κ2) is 6.45. The lowest BCUT2D eigenvalue weighted by Gasteiger charge is -2.33. The maximum atomic E-state index is 11.8. The molecule has 100 valence electrons. The highest BCUT2D eigenvalue weighted by atomic mass is 35.5. The first-order chi connectivity index (χ1) is 7.92. The van der Waals surface area contributed by atoms with Crippen molar-refractivity contribution in [2.24, 2.45) is 0 Å². The third kappa shape index (κ3) is 5.59. The van der Waals surface area contributed by atoms with Crippen molar-refractivity contribution < 1.29 is 9.53 Å². The van der Waals surface area contributed by atoms with Crippen molar-refractivity contribution >= 4 is 17.7 Å². The van der Waals surface area contributed by atoms with Gasteiger partial charge in [-0.1, -0.05) is 0 Å². The van der Waals surface area contributed by atoms with E-state index in [4.69, 9.17) is 16.3 Å². The Morgan fingerprint density at radius 2 is 2.00 bits per heavy atom. The number of carbonyl (C=O) groups excluding carboxylic acids is 1. The van der Waals surface area contributed by atoms with Crippen LogP contribution in [0.4, 0.5) is 4.79 Å². The van der Waals surface area contributed by atoms with Gasteiger partial charge >= 0.3 is 6.09 Å². The van der Waals surface area contributed by atoms with Crippen molar-refractivity contribution in [1.82, 2.24) is 10.2 Å². The van der Waals surface area contributed by atoms with Crippen molar-refractivity contribution in [2.45, 2.75) is 45.3 Å². The highest BCUT2D eigenvalue weighted by Gasteiger charge is 2.26. The number of hydrogen-bond acceptors (Lipinski definition) is 3. The molecule has 1 aliphatic rings. The average molecular weight is 263 g/mol. The number of likely N-dealkylation sites (tertiary alicyclic amines) is 1. The second-order valence-electron chi connectivity index (χ2n) is 5.38. The number of piperidine rings is 1. The van der Waals surface area contributed by atoms with Crippen LogP contribution >= 0.6 is 11.6 Å². The summed E-state index contributed by atoms with van der Waals surface area (Å²) in [7, 11) is 0. The third-order valence-electron chi connectivity index (χ3n) is 2.67. The van der Waals surface area contributed by atoms with Gasteiger partial charge in [-0.15, -0.1) is 11.6 Å². The topological polar surface area (TPSA) is 41.6 Å². The lowest BCUT2D eigenvalue weighted by molar-refractivity contribution is 0.0199. The Labute approximate surface area is 109 Å². The Hall–Kier alpha value is -0.480. The summed E-state index contributed by atoms with van der Waals surface area (Å²) in [5.41, 5.74) is -0.412. The van der Waals surface area contributed by atoms with Gasteiger partial charge in [0, 0.05) is 31.6 Å². The summed E-state index contributed by atoms with van der Waals surface area (Å²) in [5.74, 6) is 0.631. The molecule has 4 nitrogen and oxygen atoms in total. The van der Waals surface area contributed by atoms with Crippen molar-refractivity contribution in [3.05, 3.63) is 0 Å². The van der Waals surface area contributed by atoms with E-state index in [1.807, 2.05) is 20.8 Å². The zero-order valence-corrected chi connectivity index (χ0v) is 11.7. The Bertz CT molecular complexity index is 245. The van der Waals surface area contributed by atoms with Crippen LogP contribution in [0.5, 0.6) is 0 Å². The van der Waals surface area contributed by atoms with Crippen LogP contribution in [0.3, 0.4) is 0 Å². The molecule has 17 heavy (non-hydrogen) atoms. The van der Waals surface area contributed by atoms with Crippen molar-refractivity contribution in [2.75, 3.05) is 25.5 Å². The van der Waals surface area contributed by atoms with E-state index in [2.05, 4.69) is 5.32 Å². The largest absolute Gasteiger partial charge is 0.444 e. The normalized spacial score (nSPS) is 18.2. The fraction of sp³-hybridized carbons (Fsp3) is 0.917. The number of amides is 1. The molecule has 0 aromatic heterocycles. The third-order valence-corrected chi connectivity index (χ3v) is 2.86. The average Bonchev–Trinajstić information content (AvgIpc) is 2.24. The summed E-state index contributed by atoms with van der Waals surface area (Å²) in [6.45, 7) is 8.02. The lowest BCUT2D eigenvalue weighted by atomic mass is 10.1. The predicted octanol–water partition coefficient (Wildman–Crippen LogP) is 2.21. The number of rotatable bonds is 3. The van der Waals surface area contributed by atoms with E-state index in [-0.39, 0.29) is 6.09 Å². The number of carbonyl (C=O) groups is 1. The van der Waals surface area contributed by atoms with Crippen LogP contribution in [0.25, 0.3) is 0 Å². The molecule has 1 N–H and O–H groups in total. The summed E-state index contributed by atoms with van der Waals surface area (Å²) in [5, 5.41) is 3.37. The van der Waals surface area contributed by atoms with E-state index >= 15 is 0 Å². The fourth-order valence-corrected chi connectivity index (χ4v) is 1.96. The number of hydrogen-bond donors (Lipinski definition) is 1. The molecule has 0 aliphatic carbocycles. The van der Waals surface area contributed by atoms with Gasteiger partial charge in [0.15, 0.2) is 0 Å². The highest BCUT2D eigenvalue weighted by molar-refractivity contribution is 6.18. The van der Waals surface area contributed by atoms with Gasteiger partial charge in [-0.05, 0) is 33.6 Å². The lowest BCUT2D eigenvalue weighted by Crippen LogP contribution is -2.46. The molecule has 0 unspecified atom stereocenters. The Morgan fingerprint density at radius 1 is 1.41 bits per heavy atom. The minimum atomic E-state index is -0.412. The number of alkyl halides is 1. The SMILES string of the molecule is CC(C)(C)OC(=O)N1CCC(NCCCl)CC1. The summed E-state index contributed by atoms with van der Waals surface area (Å²) in [4.78, 5) is 13.6. The number of ether oxygens (including phenoxy) is 1. The van der Waals surface area contributed by atoms with E-state index in [1.54, 1.807) is 4.90 Å². The van der Waals surface area contributed by atoms with E-state index in [0.717, 1.165) is 32.5 Å². The molecule has 0 radical (unpaired) electrons. The molecule has 1 amide bonds. The molecular formula is C12H23ClN2O2. The molecule has 0 aromatic carbocycles. The molecule has 0 atom stereocenters. The number of halogens is 1. The maximum absolute atomic E-state index is 11.8. The predicted molar refractivity (Wildman–Crippen MR) is 69.6 cm³/mol. The van der Waals surface area contributed by atoms with Crippen LogP contribution < -0.4 is 5.32 Å². The van der Waals surface area contributed by atoms with Crippen LogP contribution in [0.15, 0.2) is 0 Å². The Morgan fingerprint density at radius 3 is 2.47 bits per heavy atom. The van der Waals surface area contributed by atoms with Crippen LogP contribution in [0.1, 0.15) is 33.6 Å². The maximum Gasteiger partial charge on any atom is 0.410 e. The minimum absolute atomic E-state index is 0.201. The van der Waals surface area contributed by atoms with Crippen LogP contribution in [-0.2, 0) is 4.74 Å². The first-order valence-corrected chi connectivity index (χ1v) is 6.73. The second-order valence-corrected chi connectivity index (χ2v) is 5.76. The fourth-order valence-electron chi connectivity index (χ4n) is 1.85. The monoisotopic (exact) mass is 262 g/mol. The van der Waals surface area contributed by atoms with E-state index < -0.39 is 5.60 Å². The quantitative estimate of drug-likeness (QED) is 0.793. The first-order valence-electron chi connectivity index (χ1n) is 6.19. The molecule has 1 aliphatic heterocycles. The van der Waals surface area contributed by atoms with Crippen molar-refractivity contribution in [3.63, 3.8) is 0 Å². The highest BCUT2D eigenvalue weighted by Crippen LogP contribution is 2.15. The Balaban J connectivity index is 2.29. The molecule has 1 saturated heterocycles. The van der Waals surface area contributed by atoms with Gasteiger partial charge in [0.2, 0.25) is 0 Å². The summed E-state index contributed by atoms with van der Waals surface area (Å²) < 4.78 is 5.34. The number of nitrogens with zero attached hydrogens (tertiary/aromatic N) is 1. The smallest absolute Gasteiger partial charge is 0.410 e. The van der Waals surface area contributed by atoms with E-state index in [9.17, 15) is 4.79 Å². The molecule has 1 fully saturated rings. The minimum Gasteiger partial charge on any atom is -0.444 e. The zero-order chi connectivity index (χ0) is 12.9. The molecule has 0 bridgehead atoms.